The van der Waals surface area contributed by atoms with Crippen LogP contribution in [0.1, 0.15) is 123 Å². The summed E-state index contributed by atoms with van der Waals surface area (Å²) >= 11 is 0. The molecule has 8 N–H and O–H groups in total. The van der Waals surface area contributed by atoms with Gasteiger partial charge in [-0.3, -0.25) is 23.2 Å². The number of allylic oxidation sites excluding steroid dienone is 19. The number of unbranched alkanes of at least 4 members (excludes halogenated alkanes) is 3. The van der Waals surface area contributed by atoms with E-state index in [2.05, 4.69) is 85.2 Å². The first-order valence-corrected chi connectivity index (χ1v) is 27.2. The third kappa shape index (κ3) is 33.9. The van der Waals surface area contributed by atoms with Crippen LogP contribution in [-0.2, 0) is 41.8 Å². The van der Waals surface area contributed by atoms with Crippen molar-refractivity contribution in [2.24, 2.45) is 0 Å². The maximum atomic E-state index is 13.0. The lowest BCUT2D eigenvalue weighted by Crippen LogP contribution is -2.64. The molecule has 0 spiro atoms. The molecule has 17 nitrogen and oxygen atoms in total. The smallest absolute Gasteiger partial charge is 0.462 e. The highest BCUT2D eigenvalue weighted by Gasteiger charge is 2.54. The highest BCUT2D eigenvalue weighted by molar-refractivity contribution is 7.47. The highest BCUT2D eigenvalue weighted by atomic mass is 31.2. The van der Waals surface area contributed by atoms with Gasteiger partial charge in [0.05, 0.1) is 12.7 Å². The summed E-state index contributed by atoms with van der Waals surface area (Å²) in [5.74, 6) is -1.52. The number of ether oxygens (including phenoxy) is 2. The van der Waals surface area contributed by atoms with E-state index in [4.69, 9.17) is 18.5 Å². The third-order valence-electron chi connectivity index (χ3n) is 10.1. The van der Waals surface area contributed by atoms with Crippen molar-refractivity contribution in [3.63, 3.8) is 0 Å². The van der Waals surface area contributed by atoms with E-state index in [9.17, 15) is 58.9 Å². The van der Waals surface area contributed by atoms with E-state index in [1.165, 1.54) is 19.3 Å². The molecule has 9 atom stereocenters. The number of esters is 2. The van der Waals surface area contributed by atoms with Crippen molar-refractivity contribution in [1.29, 1.82) is 0 Å². The van der Waals surface area contributed by atoms with Crippen molar-refractivity contribution < 1.29 is 82.0 Å². The summed E-state index contributed by atoms with van der Waals surface area (Å²) in [4.78, 5) is 54.3. The van der Waals surface area contributed by atoms with Gasteiger partial charge in [0.2, 0.25) is 0 Å². The number of carbonyl (C=O) groups excluding carboxylic acids is 2. The summed E-state index contributed by atoms with van der Waals surface area (Å²) in [7, 11) is -10.8. The maximum Gasteiger partial charge on any atom is 0.472 e. The van der Waals surface area contributed by atoms with Crippen LogP contribution in [0.3, 0.4) is 0 Å². The van der Waals surface area contributed by atoms with E-state index in [0.29, 0.717) is 6.42 Å². The Bertz CT molecular complexity index is 1830. The quantitative estimate of drug-likeness (QED) is 0.00946. The maximum absolute atomic E-state index is 13.0. The number of aliphatic hydroxyl groups is 5. The summed E-state index contributed by atoms with van der Waals surface area (Å²) in [6, 6.07) is 0. The van der Waals surface area contributed by atoms with E-state index in [1.54, 1.807) is 18.2 Å². The number of carbonyl (C=O) groups is 2. The van der Waals surface area contributed by atoms with Gasteiger partial charge in [0, 0.05) is 12.8 Å². The second-order valence-corrected chi connectivity index (χ2v) is 18.9. The van der Waals surface area contributed by atoms with E-state index >= 15 is 0 Å². The average molecular weight is 1030 g/mol. The first kappa shape index (κ1) is 64.4. The summed E-state index contributed by atoms with van der Waals surface area (Å²) in [6.45, 7) is 2.72. The fourth-order valence-corrected chi connectivity index (χ4v) is 7.93. The molecular formula is C51H80O17P2. The molecule has 1 saturated carbocycles. The number of aliphatic hydroxyl groups excluding tert-OH is 5. The Hall–Kier alpha value is -3.64. The van der Waals surface area contributed by atoms with Crippen molar-refractivity contribution in [3.05, 3.63) is 122 Å². The van der Waals surface area contributed by atoms with E-state index in [-0.39, 0.29) is 32.1 Å². The second kappa shape index (κ2) is 39.9. The summed E-state index contributed by atoms with van der Waals surface area (Å²) in [5, 5.41) is 51.6. The van der Waals surface area contributed by atoms with Crippen molar-refractivity contribution in [3.8, 4) is 0 Å². The van der Waals surface area contributed by atoms with Gasteiger partial charge in [-0.15, -0.1) is 0 Å². The van der Waals surface area contributed by atoms with E-state index < -0.39 is 89.6 Å². The lowest BCUT2D eigenvalue weighted by Gasteiger charge is -2.43. The van der Waals surface area contributed by atoms with E-state index in [0.717, 1.165) is 51.4 Å². The van der Waals surface area contributed by atoms with Gasteiger partial charge < -0.3 is 49.7 Å². The average Bonchev–Trinajstić information content (AvgIpc) is 3.31. The Morgan fingerprint density at radius 1 is 0.543 bits per heavy atom. The van der Waals surface area contributed by atoms with Crippen LogP contribution in [0.2, 0.25) is 0 Å². The van der Waals surface area contributed by atoms with Gasteiger partial charge in [-0.1, -0.05) is 148 Å². The van der Waals surface area contributed by atoms with Crippen LogP contribution in [0, 0.1) is 0 Å². The Morgan fingerprint density at radius 3 is 1.57 bits per heavy atom. The molecule has 1 aliphatic carbocycles. The van der Waals surface area contributed by atoms with Crippen molar-refractivity contribution in [2.75, 3.05) is 13.2 Å². The molecule has 1 aliphatic rings. The van der Waals surface area contributed by atoms with Gasteiger partial charge in [-0.05, 0) is 83.5 Å². The van der Waals surface area contributed by atoms with Crippen LogP contribution < -0.4 is 0 Å². The zero-order chi connectivity index (χ0) is 51.9. The molecular weight excluding hydrogens is 946 g/mol. The number of phosphoric acid groups is 2. The van der Waals surface area contributed by atoms with Crippen LogP contribution in [0.25, 0.3) is 0 Å². The molecule has 396 valence electrons. The molecule has 0 aromatic heterocycles. The number of rotatable bonds is 38. The molecule has 70 heavy (non-hydrogen) atoms. The fraction of sp³-hybridized carbons (Fsp3) is 0.569. The fourth-order valence-electron chi connectivity index (χ4n) is 6.39. The predicted molar refractivity (Wildman–Crippen MR) is 270 cm³/mol. The van der Waals surface area contributed by atoms with Crippen molar-refractivity contribution >= 4 is 27.6 Å². The van der Waals surface area contributed by atoms with Gasteiger partial charge in [-0.2, -0.15) is 0 Å². The largest absolute Gasteiger partial charge is 0.472 e. The first-order chi connectivity index (χ1) is 33.5. The highest BCUT2D eigenvalue weighted by Crippen LogP contribution is 2.49. The van der Waals surface area contributed by atoms with Gasteiger partial charge in [0.15, 0.2) is 6.10 Å². The van der Waals surface area contributed by atoms with Gasteiger partial charge in [-0.25, -0.2) is 9.13 Å². The number of hydrogen-bond donors (Lipinski definition) is 8. The van der Waals surface area contributed by atoms with Crippen LogP contribution >= 0.6 is 15.6 Å². The molecule has 0 radical (unpaired) electrons. The minimum atomic E-state index is -5.40. The molecule has 0 aromatic carbocycles. The van der Waals surface area contributed by atoms with Gasteiger partial charge >= 0.3 is 27.6 Å². The molecule has 1 rings (SSSR count). The Kier molecular flexibility index (Phi) is 36.7. The number of phosphoric ester groups is 2. The van der Waals surface area contributed by atoms with E-state index in [1.807, 2.05) is 36.5 Å². The van der Waals surface area contributed by atoms with Crippen LogP contribution in [0.5, 0.6) is 0 Å². The molecule has 0 bridgehead atoms. The van der Waals surface area contributed by atoms with Gasteiger partial charge in [0.1, 0.15) is 43.2 Å². The second-order valence-electron chi connectivity index (χ2n) is 16.3. The molecule has 0 aromatic rings. The molecule has 0 saturated heterocycles. The number of hydrogen-bond acceptors (Lipinski definition) is 14. The van der Waals surface area contributed by atoms with Crippen LogP contribution in [-0.4, -0.2) is 114 Å². The molecule has 19 heteroatoms. The minimum Gasteiger partial charge on any atom is -0.462 e. The SMILES string of the molecule is CC/C=C\C/C=C\C/C=C\C/C=C\C=C\C(O)CCCC(=O)OC[C@H](COP(=O)(O)O[C@H]1C(O)C(O)C(O)[C@@H](OP(=O)(O)O)C1O)OC(=O)CC/C=C\C/C=C\C/C=C\C/C=C\C/C=C\CCCCC. The predicted octanol–water partition coefficient (Wildman–Crippen LogP) is 8.47. The Morgan fingerprint density at radius 2 is 1.04 bits per heavy atom. The van der Waals surface area contributed by atoms with Crippen molar-refractivity contribution in [1.82, 2.24) is 0 Å². The third-order valence-corrected chi connectivity index (χ3v) is 11.6. The minimum absolute atomic E-state index is 0.128. The Balaban J connectivity index is 2.73. The van der Waals surface area contributed by atoms with Gasteiger partial charge in [0.25, 0.3) is 0 Å². The molecule has 0 heterocycles. The monoisotopic (exact) mass is 1030 g/mol. The van der Waals surface area contributed by atoms with Crippen LogP contribution in [0.15, 0.2) is 122 Å². The standard InChI is InChI=1S/C51H80O17P2/c1-3-5-7-9-11-13-15-17-18-19-20-21-22-24-26-28-30-32-34-38-45(54)66-43(41-65-70(62,63)68-51-48(57)46(55)47(56)50(49(51)58)67-69(59,60)61)40-64-44(53)39-35-37-42(52)36-33-31-29-27-25-23-16-14-12-10-8-6-4-2/h6,8,11-14,17-18,20-21,23-26,29-33,36,42-43,46-52,55-58H,3-5,7,9-10,15-16,19,22,27-28,34-35,37-41H2,1-2H3,(H,62,63)(H2,59,60,61)/b8-6-,13-11-,14-12-,18-17-,21-20-,25-23-,26-24-,31-29-,32-30-,36-33+/t42?,43-,46?,47?,48?,49?,50-,51+/m1/s1. The molecule has 0 amide bonds. The topological polar surface area (TPSA) is 276 Å². The summed E-state index contributed by atoms with van der Waals surface area (Å²) < 4.78 is 49.2. The summed E-state index contributed by atoms with van der Waals surface area (Å²) in [6.07, 6.45) is 36.2. The first-order valence-electron chi connectivity index (χ1n) is 24.2. The normalized spacial score (nSPS) is 22.5. The summed E-state index contributed by atoms with van der Waals surface area (Å²) in [5.41, 5.74) is 0. The van der Waals surface area contributed by atoms with Crippen LogP contribution in [0.4, 0.5) is 0 Å². The zero-order valence-electron chi connectivity index (χ0n) is 40.7. The molecule has 6 unspecified atom stereocenters. The molecule has 1 fully saturated rings. The Labute approximate surface area is 414 Å². The lowest BCUT2D eigenvalue weighted by atomic mass is 9.85. The lowest BCUT2D eigenvalue weighted by molar-refractivity contribution is -0.216. The molecule has 0 aliphatic heterocycles. The van der Waals surface area contributed by atoms with Crippen molar-refractivity contribution in [2.45, 2.75) is 172 Å². The zero-order valence-corrected chi connectivity index (χ0v) is 42.5.